The third-order valence-corrected chi connectivity index (χ3v) is 6.24. The van der Waals surface area contributed by atoms with Crippen molar-refractivity contribution in [3.63, 3.8) is 0 Å². The summed E-state index contributed by atoms with van der Waals surface area (Å²) in [6.07, 6.45) is -3.13. The summed E-state index contributed by atoms with van der Waals surface area (Å²) in [5.41, 5.74) is 1.59. The molecule has 0 saturated carbocycles. The van der Waals surface area contributed by atoms with Gasteiger partial charge in [0.1, 0.15) is 5.82 Å². The predicted molar refractivity (Wildman–Crippen MR) is 134 cm³/mol. The molecule has 0 saturated heterocycles. The van der Waals surface area contributed by atoms with Gasteiger partial charge < -0.3 is 10.3 Å². The zero-order valence-electron chi connectivity index (χ0n) is 20.1. The summed E-state index contributed by atoms with van der Waals surface area (Å²) in [7, 11) is 0. The van der Waals surface area contributed by atoms with Gasteiger partial charge in [-0.15, -0.1) is 0 Å². The van der Waals surface area contributed by atoms with E-state index in [0.29, 0.717) is 27.9 Å². The van der Waals surface area contributed by atoms with E-state index < -0.39 is 35.0 Å². The number of aromatic nitrogens is 1. The fraction of sp³-hybridized carbons (Fsp3) is 0.138. The van der Waals surface area contributed by atoms with Crippen molar-refractivity contribution >= 4 is 11.7 Å². The van der Waals surface area contributed by atoms with E-state index in [2.05, 4.69) is 10.1 Å². The Kier molecular flexibility index (Phi) is 7.57. The van der Waals surface area contributed by atoms with Gasteiger partial charge in [0.25, 0.3) is 0 Å². The van der Waals surface area contributed by atoms with Gasteiger partial charge in [-0.25, -0.2) is 9.18 Å². The fourth-order valence-electron chi connectivity index (χ4n) is 4.38. The SMILES string of the molecule is Cc1cc(/C(CC(c2ccc(-c3ccc(C(=O)O)c(F)c3)cc2)c2ccccc2C(F)(F)F)=N/O)ccn1. The van der Waals surface area contributed by atoms with Gasteiger partial charge in [-0.2, -0.15) is 13.2 Å². The van der Waals surface area contributed by atoms with Gasteiger partial charge in [-0.05, 0) is 59.5 Å². The lowest BCUT2D eigenvalue weighted by Crippen LogP contribution is -2.16. The van der Waals surface area contributed by atoms with Gasteiger partial charge >= 0.3 is 12.1 Å². The van der Waals surface area contributed by atoms with E-state index in [0.717, 1.165) is 18.2 Å². The Morgan fingerprint density at radius 1 is 0.974 bits per heavy atom. The number of alkyl halides is 3. The Labute approximate surface area is 215 Å². The van der Waals surface area contributed by atoms with Crippen LogP contribution in [-0.2, 0) is 6.18 Å². The highest BCUT2D eigenvalue weighted by molar-refractivity contribution is 6.01. The second kappa shape index (κ2) is 10.8. The predicted octanol–water partition coefficient (Wildman–Crippen LogP) is 7.31. The zero-order chi connectivity index (χ0) is 27.4. The lowest BCUT2D eigenvalue weighted by Gasteiger charge is -2.23. The molecule has 4 rings (SSSR count). The Hall–Kier alpha value is -4.53. The van der Waals surface area contributed by atoms with Crippen molar-refractivity contribution in [2.24, 2.45) is 5.16 Å². The second-order valence-electron chi connectivity index (χ2n) is 8.70. The molecule has 0 spiro atoms. The van der Waals surface area contributed by atoms with Gasteiger partial charge in [-0.3, -0.25) is 4.98 Å². The summed E-state index contributed by atoms with van der Waals surface area (Å²) in [5.74, 6) is -3.12. The number of rotatable bonds is 7. The molecule has 0 aliphatic carbocycles. The molecular formula is C29H22F4N2O3. The fourth-order valence-corrected chi connectivity index (χ4v) is 4.38. The summed E-state index contributed by atoms with van der Waals surface area (Å²) in [6.45, 7) is 1.75. The average molecular weight is 522 g/mol. The monoisotopic (exact) mass is 522 g/mol. The first-order valence-electron chi connectivity index (χ1n) is 11.5. The number of carboxylic acids is 1. The molecule has 1 heterocycles. The molecule has 0 radical (unpaired) electrons. The number of carboxylic acid groups (broad SMARTS) is 1. The maximum absolute atomic E-state index is 14.2. The van der Waals surface area contributed by atoms with Gasteiger partial charge in [0.05, 0.1) is 16.8 Å². The van der Waals surface area contributed by atoms with Crippen LogP contribution in [0.4, 0.5) is 17.6 Å². The first-order chi connectivity index (χ1) is 18.1. The van der Waals surface area contributed by atoms with Gasteiger partial charge in [-0.1, -0.05) is 53.7 Å². The number of hydrogen-bond donors (Lipinski definition) is 2. The van der Waals surface area contributed by atoms with Crippen LogP contribution in [0, 0.1) is 12.7 Å². The van der Waals surface area contributed by atoms with Crippen molar-refractivity contribution in [1.82, 2.24) is 4.98 Å². The van der Waals surface area contributed by atoms with Crippen molar-refractivity contribution in [2.75, 3.05) is 0 Å². The highest BCUT2D eigenvalue weighted by Crippen LogP contribution is 2.40. The highest BCUT2D eigenvalue weighted by Gasteiger charge is 2.35. The van der Waals surface area contributed by atoms with Crippen LogP contribution in [0.1, 0.15) is 50.6 Å². The number of aryl methyl sites for hydroxylation is 1. The lowest BCUT2D eigenvalue weighted by molar-refractivity contribution is -0.138. The van der Waals surface area contributed by atoms with Crippen LogP contribution in [0.5, 0.6) is 0 Å². The minimum Gasteiger partial charge on any atom is -0.478 e. The first kappa shape index (κ1) is 26.5. The minimum absolute atomic E-state index is 0.0107. The number of benzene rings is 3. The van der Waals surface area contributed by atoms with Crippen LogP contribution in [0.3, 0.4) is 0 Å². The summed E-state index contributed by atoms with van der Waals surface area (Å²) in [6, 6.07) is 18.8. The molecule has 0 bridgehead atoms. The molecule has 0 amide bonds. The maximum Gasteiger partial charge on any atom is 0.416 e. The Morgan fingerprint density at radius 2 is 1.66 bits per heavy atom. The van der Waals surface area contributed by atoms with Crippen LogP contribution in [0.2, 0.25) is 0 Å². The van der Waals surface area contributed by atoms with Crippen LogP contribution in [-0.4, -0.2) is 27.0 Å². The smallest absolute Gasteiger partial charge is 0.416 e. The molecule has 1 atom stereocenters. The molecule has 0 fully saturated rings. The van der Waals surface area contributed by atoms with Crippen molar-refractivity contribution in [3.8, 4) is 11.1 Å². The maximum atomic E-state index is 14.2. The molecular weight excluding hydrogens is 500 g/mol. The van der Waals surface area contributed by atoms with E-state index in [1.54, 1.807) is 43.3 Å². The van der Waals surface area contributed by atoms with E-state index in [4.69, 9.17) is 5.11 Å². The van der Waals surface area contributed by atoms with Crippen LogP contribution in [0.25, 0.3) is 11.1 Å². The van der Waals surface area contributed by atoms with Gasteiger partial charge in [0, 0.05) is 29.8 Å². The Morgan fingerprint density at radius 3 is 2.26 bits per heavy atom. The first-order valence-corrected chi connectivity index (χ1v) is 11.5. The molecule has 38 heavy (non-hydrogen) atoms. The summed E-state index contributed by atoms with van der Waals surface area (Å²) >= 11 is 0. The molecule has 5 nitrogen and oxygen atoms in total. The number of halogens is 4. The summed E-state index contributed by atoms with van der Waals surface area (Å²) in [4.78, 5) is 15.2. The van der Waals surface area contributed by atoms with Gasteiger partial charge in [0.2, 0.25) is 0 Å². The summed E-state index contributed by atoms with van der Waals surface area (Å²) < 4.78 is 56.1. The molecule has 1 aromatic heterocycles. The number of oxime groups is 1. The standard InChI is InChI=1S/C29H22F4N2O3/c1-17-14-21(12-13-34-17)27(35-38)16-24(22-4-2-3-5-25(22)29(31,32)33)19-8-6-18(7-9-19)20-10-11-23(28(36)37)26(30)15-20/h2-15,24,38H,16H2,1H3,(H,36,37)/b35-27+. The third kappa shape index (κ3) is 5.72. The van der Waals surface area contributed by atoms with E-state index in [1.165, 1.54) is 30.5 Å². The molecule has 0 aliphatic heterocycles. The third-order valence-electron chi connectivity index (χ3n) is 6.24. The van der Waals surface area contributed by atoms with E-state index in [9.17, 15) is 27.6 Å². The largest absolute Gasteiger partial charge is 0.478 e. The second-order valence-corrected chi connectivity index (χ2v) is 8.70. The van der Waals surface area contributed by atoms with Crippen molar-refractivity contribution in [3.05, 3.63) is 124 Å². The van der Waals surface area contributed by atoms with E-state index >= 15 is 0 Å². The number of aromatic carboxylic acids is 1. The van der Waals surface area contributed by atoms with E-state index in [1.807, 2.05) is 0 Å². The van der Waals surface area contributed by atoms with Crippen LogP contribution < -0.4 is 0 Å². The number of pyridine rings is 1. The number of carbonyl (C=O) groups is 1. The molecule has 4 aromatic rings. The molecule has 0 aliphatic rings. The number of hydrogen-bond acceptors (Lipinski definition) is 4. The minimum atomic E-state index is -4.61. The number of nitrogens with zero attached hydrogens (tertiary/aromatic N) is 2. The highest BCUT2D eigenvalue weighted by atomic mass is 19.4. The molecule has 2 N–H and O–H groups in total. The van der Waals surface area contributed by atoms with Crippen LogP contribution >= 0.6 is 0 Å². The Balaban J connectivity index is 1.78. The molecule has 1 unspecified atom stereocenters. The quantitative estimate of drug-likeness (QED) is 0.115. The lowest BCUT2D eigenvalue weighted by atomic mass is 9.82. The average Bonchev–Trinajstić information content (AvgIpc) is 2.89. The Bertz CT molecular complexity index is 1500. The molecule has 9 heteroatoms. The van der Waals surface area contributed by atoms with Crippen LogP contribution in [0.15, 0.2) is 90.2 Å². The van der Waals surface area contributed by atoms with Crippen molar-refractivity contribution in [1.29, 1.82) is 0 Å². The van der Waals surface area contributed by atoms with Crippen molar-refractivity contribution < 1.29 is 32.7 Å². The molecule has 194 valence electrons. The van der Waals surface area contributed by atoms with E-state index in [-0.39, 0.29) is 17.7 Å². The molecule has 3 aromatic carbocycles. The summed E-state index contributed by atoms with van der Waals surface area (Å²) in [5, 5.41) is 22.2. The zero-order valence-corrected chi connectivity index (χ0v) is 20.1. The topological polar surface area (TPSA) is 82.8 Å². The van der Waals surface area contributed by atoms with Crippen molar-refractivity contribution in [2.45, 2.75) is 25.4 Å². The normalized spacial score (nSPS) is 12.8. The van der Waals surface area contributed by atoms with Gasteiger partial charge in [0.15, 0.2) is 0 Å².